The highest BCUT2D eigenvalue weighted by Crippen LogP contribution is 2.59. The molecular formula is C18H29Cl2N5O3. The minimum Gasteiger partial charge on any atom is -0.360 e. The van der Waals surface area contributed by atoms with Crippen molar-refractivity contribution in [2.75, 3.05) is 51.1 Å². The number of aromatic nitrogens is 1. The summed E-state index contributed by atoms with van der Waals surface area (Å²) in [7, 11) is 0. The standard InChI is InChI=1S/C18H27N5O3.2ClH/c1-13-10-15(21-26-13)20-16(24)12-22-6-8-23(9-7-22)17(25)14-11-18(14)2-4-19-5-3-18;;/h10,14,19H,2-9,11-12H2,1H3,(H,20,21,24);2*1H. The Balaban J connectivity index is 0.00000140. The van der Waals surface area contributed by atoms with Gasteiger partial charge in [0.2, 0.25) is 11.8 Å². The third-order valence-corrected chi connectivity index (χ3v) is 6.03. The fraction of sp³-hybridized carbons (Fsp3) is 0.722. The molecule has 2 saturated heterocycles. The number of rotatable bonds is 4. The molecule has 3 heterocycles. The SMILES string of the molecule is Cc1cc(NC(=O)CN2CCN(C(=O)C3CC34CCNCC4)CC2)no1.Cl.Cl. The molecule has 1 spiro atoms. The summed E-state index contributed by atoms with van der Waals surface area (Å²) in [5, 5.41) is 9.89. The Morgan fingerprint density at radius 2 is 1.93 bits per heavy atom. The zero-order valence-corrected chi connectivity index (χ0v) is 17.7. The monoisotopic (exact) mass is 433 g/mol. The van der Waals surface area contributed by atoms with Gasteiger partial charge in [-0.25, -0.2) is 0 Å². The Bertz CT molecular complexity index is 685. The van der Waals surface area contributed by atoms with Crippen LogP contribution in [0.15, 0.2) is 10.6 Å². The molecule has 158 valence electrons. The summed E-state index contributed by atoms with van der Waals surface area (Å²) in [6.07, 6.45) is 3.32. The van der Waals surface area contributed by atoms with Crippen LogP contribution >= 0.6 is 24.8 Å². The second-order valence-corrected chi connectivity index (χ2v) is 7.84. The number of piperazine rings is 1. The number of carbonyl (C=O) groups excluding carboxylic acids is 2. The zero-order valence-electron chi connectivity index (χ0n) is 16.1. The van der Waals surface area contributed by atoms with E-state index in [0.717, 1.165) is 45.4 Å². The average molecular weight is 434 g/mol. The number of carbonyl (C=O) groups is 2. The molecule has 1 aromatic rings. The van der Waals surface area contributed by atoms with Crippen LogP contribution < -0.4 is 10.6 Å². The number of piperidine rings is 1. The van der Waals surface area contributed by atoms with Crippen LogP contribution in [0.1, 0.15) is 25.0 Å². The smallest absolute Gasteiger partial charge is 0.239 e. The molecule has 2 amide bonds. The second-order valence-electron chi connectivity index (χ2n) is 7.84. The van der Waals surface area contributed by atoms with E-state index in [0.29, 0.717) is 37.1 Å². The second kappa shape index (κ2) is 9.43. The summed E-state index contributed by atoms with van der Waals surface area (Å²) >= 11 is 0. The van der Waals surface area contributed by atoms with Crippen molar-refractivity contribution < 1.29 is 14.1 Å². The minimum absolute atomic E-state index is 0. The molecule has 10 heteroatoms. The van der Waals surface area contributed by atoms with Crippen LogP contribution in [0.5, 0.6) is 0 Å². The molecule has 1 atom stereocenters. The Hall–Kier alpha value is -1.35. The molecule has 3 fully saturated rings. The number of nitrogens with zero attached hydrogens (tertiary/aromatic N) is 3. The largest absolute Gasteiger partial charge is 0.360 e. The predicted molar refractivity (Wildman–Crippen MR) is 110 cm³/mol. The predicted octanol–water partition coefficient (Wildman–Crippen LogP) is 1.30. The number of aryl methyl sites for hydroxylation is 1. The highest BCUT2D eigenvalue weighted by atomic mass is 35.5. The van der Waals surface area contributed by atoms with Gasteiger partial charge in [-0.1, -0.05) is 5.16 Å². The number of nitrogens with one attached hydrogen (secondary N) is 2. The van der Waals surface area contributed by atoms with Gasteiger partial charge in [-0.15, -0.1) is 24.8 Å². The molecule has 28 heavy (non-hydrogen) atoms. The number of amides is 2. The average Bonchev–Trinajstić information content (AvgIpc) is 3.16. The summed E-state index contributed by atoms with van der Waals surface area (Å²) in [4.78, 5) is 29.0. The normalized spacial score (nSPS) is 23.5. The summed E-state index contributed by atoms with van der Waals surface area (Å²) in [5.41, 5.74) is 0.287. The molecule has 0 aromatic carbocycles. The lowest BCUT2D eigenvalue weighted by Gasteiger charge is -2.35. The Morgan fingerprint density at radius 3 is 2.54 bits per heavy atom. The van der Waals surface area contributed by atoms with Gasteiger partial charge in [0, 0.05) is 38.2 Å². The number of hydrogen-bond donors (Lipinski definition) is 2. The van der Waals surface area contributed by atoms with E-state index in [4.69, 9.17) is 4.52 Å². The maximum atomic E-state index is 12.8. The van der Waals surface area contributed by atoms with Crippen LogP contribution in [0.2, 0.25) is 0 Å². The third-order valence-electron chi connectivity index (χ3n) is 6.03. The molecule has 1 aromatic heterocycles. The molecule has 3 aliphatic rings. The van der Waals surface area contributed by atoms with Crippen molar-refractivity contribution in [3.8, 4) is 0 Å². The molecule has 1 saturated carbocycles. The molecule has 1 aliphatic carbocycles. The van der Waals surface area contributed by atoms with Crippen LogP contribution in [0.25, 0.3) is 0 Å². The number of anilines is 1. The molecule has 0 radical (unpaired) electrons. The molecular weight excluding hydrogens is 405 g/mol. The van der Waals surface area contributed by atoms with Crippen LogP contribution in [-0.2, 0) is 9.59 Å². The zero-order chi connectivity index (χ0) is 18.1. The van der Waals surface area contributed by atoms with Gasteiger partial charge in [-0.05, 0) is 44.7 Å². The van der Waals surface area contributed by atoms with Crippen LogP contribution in [-0.4, -0.2) is 72.6 Å². The summed E-state index contributed by atoms with van der Waals surface area (Å²) in [5.74, 6) is 1.57. The maximum absolute atomic E-state index is 12.8. The van der Waals surface area contributed by atoms with Crippen molar-refractivity contribution in [3.63, 3.8) is 0 Å². The molecule has 8 nitrogen and oxygen atoms in total. The first-order valence-corrected chi connectivity index (χ1v) is 9.51. The fourth-order valence-corrected chi connectivity index (χ4v) is 4.33. The van der Waals surface area contributed by atoms with Gasteiger partial charge >= 0.3 is 0 Å². The molecule has 1 unspecified atom stereocenters. The van der Waals surface area contributed by atoms with Crippen LogP contribution in [0.4, 0.5) is 5.82 Å². The van der Waals surface area contributed by atoms with E-state index in [2.05, 4.69) is 20.7 Å². The number of hydrogen-bond acceptors (Lipinski definition) is 6. The van der Waals surface area contributed by atoms with E-state index in [-0.39, 0.29) is 42.1 Å². The van der Waals surface area contributed by atoms with E-state index in [1.165, 1.54) is 0 Å². The Kier molecular flexibility index (Phi) is 7.73. The van der Waals surface area contributed by atoms with Crippen LogP contribution in [0, 0.1) is 18.3 Å². The van der Waals surface area contributed by atoms with E-state index < -0.39 is 0 Å². The minimum atomic E-state index is -0.103. The Labute approximate surface area is 177 Å². The highest BCUT2D eigenvalue weighted by molar-refractivity contribution is 5.91. The summed E-state index contributed by atoms with van der Waals surface area (Å²) in [6, 6.07) is 1.70. The molecule has 0 bridgehead atoms. The van der Waals surface area contributed by atoms with E-state index in [9.17, 15) is 9.59 Å². The van der Waals surface area contributed by atoms with Gasteiger partial charge in [0.25, 0.3) is 0 Å². The van der Waals surface area contributed by atoms with Gasteiger partial charge in [0.05, 0.1) is 6.54 Å². The lowest BCUT2D eigenvalue weighted by molar-refractivity contribution is -0.135. The van der Waals surface area contributed by atoms with Crippen LogP contribution in [0.3, 0.4) is 0 Å². The van der Waals surface area contributed by atoms with E-state index in [1.807, 2.05) is 4.90 Å². The van der Waals surface area contributed by atoms with Crippen molar-refractivity contribution >= 4 is 42.4 Å². The van der Waals surface area contributed by atoms with E-state index >= 15 is 0 Å². The molecule has 2 N–H and O–H groups in total. The van der Waals surface area contributed by atoms with Crippen molar-refractivity contribution in [3.05, 3.63) is 11.8 Å². The summed E-state index contributed by atoms with van der Waals surface area (Å²) < 4.78 is 4.95. The maximum Gasteiger partial charge on any atom is 0.239 e. The van der Waals surface area contributed by atoms with Gasteiger partial charge in [0.1, 0.15) is 5.76 Å². The third kappa shape index (κ3) is 4.97. The number of halogens is 2. The first-order chi connectivity index (χ1) is 12.6. The van der Waals surface area contributed by atoms with Gasteiger partial charge in [-0.3, -0.25) is 14.5 Å². The lowest BCUT2D eigenvalue weighted by atomic mass is 9.91. The first kappa shape index (κ1) is 22.9. The van der Waals surface area contributed by atoms with Crippen molar-refractivity contribution in [1.82, 2.24) is 20.3 Å². The molecule has 4 rings (SSSR count). The van der Waals surface area contributed by atoms with Gasteiger partial charge in [-0.2, -0.15) is 0 Å². The fourth-order valence-electron chi connectivity index (χ4n) is 4.33. The van der Waals surface area contributed by atoms with Crippen molar-refractivity contribution in [2.45, 2.75) is 26.2 Å². The van der Waals surface area contributed by atoms with Crippen molar-refractivity contribution in [2.24, 2.45) is 11.3 Å². The summed E-state index contributed by atoms with van der Waals surface area (Å²) in [6.45, 7) is 7.06. The van der Waals surface area contributed by atoms with Gasteiger partial charge in [0.15, 0.2) is 5.82 Å². The molecule has 2 aliphatic heterocycles. The lowest BCUT2D eigenvalue weighted by Crippen LogP contribution is -2.51. The quantitative estimate of drug-likeness (QED) is 0.743. The van der Waals surface area contributed by atoms with Crippen molar-refractivity contribution in [1.29, 1.82) is 0 Å². The Morgan fingerprint density at radius 1 is 1.25 bits per heavy atom. The van der Waals surface area contributed by atoms with Gasteiger partial charge < -0.3 is 20.1 Å². The topological polar surface area (TPSA) is 90.7 Å². The first-order valence-electron chi connectivity index (χ1n) is 9.51. The van der Waals surface area contributed by atoms with E-state index in [1.54, 1.807) is 13.0 Å². The highest BCUT2D eigenvalue weighted by Gasteiger charge is 2.58.